The molecule has 0 saturated heterocycles. The number of aryl methyl sites for hydroxylation is 1. The van der Waals surface area contributed by atoms with E-state index >= 15 is 0 Å². The molecule has 0 atom stereocenters. The molecule has 96 valence electrons. The van der Waals surface area contributed by atoms with E-state index in [1.807, 2.05) is 0 Å². The maximum Gasteiger partial charge on any atom is 0.405 e. The number of pyridine rings is 1. The van der Waals surface area contributed by atoms with Crippen molar-refractivity contribution in [3.63, 3.8) is 0 Å². The fraction of sp³-hybridized carbons (Fsp3) is 0.500. The minimum atomic E-state index is -4.33. The molecule has 0 spiro atoms. The predicted molar refractivity (Wildman–Crippen MR) is 62.0 cm³/mol. The molecule has 0 radical (unpaired) electrons. The lowest BCUT2D eigenvalue weighted by molar-refractivity contribution is -0.120. The van der Waals surface area contributed by atoms with Crippen molar-refractivity contribution >= 4 is 21.7 Å². The number of hydrogen-bond acceptors (Lipinski definition) is 3. The number of nitrogens with zero attached hydrogens (tertiary/aromatic N) is 2. The van der Waals surface area contributed by atoms with Crippen LogP contribution in [0.1, 0.15) is 5.56 Å². The van der Waals surface area contributed by atoms with Crippen LogP contribution in [0.2, 0.25) is 0 Å². The molecule has 0 aromatic carbocycles. The van der Waals surface area contributed by atoms with E-state index < -0.39 is 12.7 Å². The quantitative estimate of drug-likeness (QED) is 0.928. The molecule has 0 unspecified atom stereocenters. The second-order valence-electron chi connectivity index (χ2n) is 3.53. The van der Waals surface area contributed by atoms with Gasteiger partial charge in [0.15, 0.2) is 0 Å². The average Bonchev–Trinajstić information content (AvgIpc) is 2.19. The maximum atomic E-state index is 12.4. The average molecular weight is 313 g/mol. The molecule has 0 aliphatic carbocycles. The first kappa shape index (κ1) is 14.2. The van der Waals surface area contributed by atoms with E-state index in [2.05, 4.69) is 20.9 Å². The Hall–Kier alpha value is -0.820. The second-order valence-corrected chi connectivity index (χ2v) is 4.32. The predicted octanol–water partition coefficient (Wildman–Crippen LogP) is 2.51. The van der Waals surface area contributed by atoms with Gasteiger partial charge in [0.25, 0.3) is 0 Å². The smallest absolute Gasteiger partial charge is 0.395 e. The normalized spacial score (nSPS) is 11.6. The number of anilines is 1. The van der Waals surface area contributed by atoms with E-state index in [9.17, 15) is 13.2 Å². The summed E-state index contributed by atoms with van der Waals surface area (Å²) in [4.78, 5) is 4.91. The Bertz CT molecular complexity index is 384. The Morgan fingerprint density at radius 3 is 2.65 bits per heavy atom. The lowest BCUT2D eigenvalue weighted by Gasteiger charge is -2.25. The first-order valence-corrected chi connectivity index (χ1v) is 5.68. The Labute approximate surface area is 105 Å². The minimum Gasteiger partial charge on any atom is -0.395 e. The van der Waals surface area contributed by atoms with Crippen molar-refractivity contribution in [1.82, 2.24) is 4.98 Å². The van der Waals surface area contributed by atoms with Crippen LogP contribution in [-0.2, 0) is 0 Å². The Morgan fingerprint density at radius 1 is 1.47 bits per heavy atom. The Morgan fingerprint density at radius 2 is 2.12 bits per heavy atom. The van der Waals surface area contributed by atoms with Crippen LogP contribution in [0.5, 0.6) is 0 Å². The second kappa shape index (κ2) is 5.68. The van der Waals surface area contributed by atoms with Gasteiger partial charge in [-0.3, -0.25) is 0 Å². The summed E-state index contributed by atoms with van der Waals surface area (Å²) in [7, 11) is 0. The van der Waals surface area contributed by atoms with Gasteiger partial charge in [-0.25, -0.2) is 4.98 Å². The van der Waals surface area contributed by atoms with Crippen molar-refractivity contribution in [3.8, 4) is 0 Å². The van der Waals surface area contributed by atoms with Crippen LogP contribution in [0.15, 0.2) is 16.7 Å². The van der Waals surface area contributed by atoms with Crippen molar-refractivity contribution in [3.05, 3.63) is 22.3 Å². The largest absolute Gasteiger partial charge is 0.405 e. The van der Waals surface area contributed by atoms with Crippen LogP contribution in [0.3, 0.4) is 0 Å². The van der Waals surface area contributed by atoms with Crippen molar-refractivity contribution < 1.29 is 18.3 Å². The number of hydrogen-bond donors (Lipinski definition) is 1. The Balaban J connectivity index is 3.01. The maximum absolute atomic E-state index is 12.4. The molecule has 1 aromatic heterocycles. The van der Waals surface area contributed by atoms with Gasteiger partial charge >= 0.3 is 6.18 Å². The molecule has 17 heavy (non-hydrogen) atoms. The summed E-state index contributed by atoms with van der Waals surface area (Å²) in [6.45, 7) is 0.148. The van der Waals surface area contributed by atoms with Crippen LogP contribution in [0.4, 0.5) is 19.0 Å². The third kappa shape index (κ3) is 4.16. The highest BCUT2D eigenvalue weighted by Gasteiger charge is 2.31. The highest BCUT2D eigenvalue weighted by Crippen LogP contribution is 2.29. The van der Waals surface area contributed by atoms with Crippen LogP contribution in [0, 0.1) is 6.92 Å². The third-order valence-electron chi connectivity index (χ3n) is 2.10. The Kier molecular flexibility index (Phi) is 4.76. The van der Waals surface area contributed by atoms with Crippen molar-refractivity contribution in [2.24, 2.45) is 0 Å². The fourth-order valence-corrected chi connectivity index (χ4v) is 1.83. The molecule has 7 heteroatoms. The van der Waals surface area contributed by atoms with Gasteiger partial charge in [0.1, 0.15) is 12.4 Å². The lowest BCUT2D eigenvalue weighted by atomic mass is 10.3. The zero-order valence-electron chi connectivity index (χ0n) is 9.13. The molecule has 0 amide bonds. The third-order valence-corrected chi connectivity index (χ3v) is 3.08. The molecular weight excluding hydrogens is 301 g/mol. The summed E-state index contributed by atoms with van der Waals surface area (Å²) < 4.78 is 37.7. The monoisotopic (exact) mass is 312 g/mol. The topological polar surface area (TPSA) is 36.4 Å². The molecule has 1 N–H and O–H groups in total. The van der Waals surface area contributed by atoms with Crippen LogP contribution in [-0.4, -0.2) is 36.0 Å². The number of aromatic nitrogens is 1. The molecule has 0 saturated carbocycles. The molecule has 0 fully saturated rings. The van der Waals surface area contributed by atoms with Gasteiger partial charge in [0, 0.05) is 12.7 Å². The first-order valence-electron chi connectivity index (χ1n) is 4.89. The molecule has 0 bridgehead atoms. The molecule has 1 heterocycles. The molecule has 0 aliphatic rings. The number of aliphatic hydroxyl groups is 1. The number of aliphatic hydroxyl groups excluding tert-OH is 1. The summed E-state index contributed by atoms with van der Waals surface area (Å²) in [5, 5.41) is 8.80. The number of rotatable bonds is 4. The molecular formula is C10H12BrF3N2O. The standard InChI is InChI=1S/C10H12BrF3N2O/c1-7-2-3-15-9(8(7)11)16(4-5-17)6-10(12,13)14/h2-3,17H,4-6H2,1H3. The van der Waals surface area contributed by atoms with Gasteiger partial charge in [0.05, 0.1) is 11.1 Å². The lowest BCUT2D eigenvalue weighted by Crippen LogP contribution is -2.37. The van der Waals surface area contributed by atoms with E-state index in [1.165, 1.54) is 6.20 Å². The summed E-state index contributed by atoms with van der Waals surface area (Å²) in [6, 6.07) is 1.69. The highest BCUT2D eigenvalue weighted by atomic mass is 79.9. The van der Waals surface area contributed by atoms with Gasteiger partial charge in [-0.1, -0.05) is 0 Å². The summed E-state index contributed by atoms with van der Waals surface area (Å²) >= 11 is 3.21. The van der Waals surface area contributed by atoms with Gasteiger partial charge in [-0.15, -0.1) is 0 Å². The zero-order chi connectivity index (χ0) is 13.1. The van der Waals surface area contributed by atoms with Crippen molar-refractivity contribution in [1.29, 1.82) is 0 Å². The SMILES string of the molecule is Cc1ccnc(N(CCO)CC(F)(F)F)c1Br. The van der Waals surface area contributed by atoms with Crippen LogP contribution in [0.25, 0.3) is 0 Å². The van der Waals surface area contributed by atoms with Gasteiger partial charge in [-0.2, -0.15) is 13.2 Å². The van der Waals surface area contributed by atoms with Crippen LogP contribution < -0.4 is 4.90 Å². The summed E-state index contributed by atoms with van der Waals surface area (Å²) in [5.74, 6) is 0.191. The van der Waals surface area contributed by atoms with Crippen molar-refractivity contribution in [2.75, 3.05) is 24.6 Å². The van der Waals surface area contributed by atoms with Gasteiger partial charge in [0.2, 0.25) is 0 Å². The summed E-state index contributed by atoms with van der Waals surface area (Å²) in [5.41, 5.74) is 0.792. The van der Waals surface area contributed by atoms with Gasteiger partial charge < -0.3 is 10.0 Å². The number of alkyl halides is 3. The molecule has 3 nitrogen and oxygen atoms in total. The van der Waals surface area contributed by atoms with E-state index in [-0.39, 0.29) is 19.0 Å². The molecule has 1 rings (SSSR count). The first-order chi connectivity index (χ1) is 7.85. The zero-order valence-corrected chi connectivity index (χ0v) is 10.7. The number of halogens is 4. The van der Waals surface area contributed by atoms with E-state index in [0.717, 1.165) is 10.5 Å². The minimum absolute atomic E-state index is 0.117. The summed E-state index contributed by atoms with van der Waals surface area (Å²) in [6.07, 6.45) is -2.89. The van der Waals surface area contributed by atoms with Crippen molar-refractivity contribution in [2.45, 2.75) is 13.1 Å². The van der Waals surface area contributed by atoms with E-state index in [1.54, 1.807) is 13.0 Å². The van der Waals surface area contributed by atoms with E-state index in [4.69, 9.17) is 5.11 Å². The fourth-order valence-electron chi connectivity index (χ4n) is 1.34. The van der Waals surface area contributed by atoms with Gasteiger partial charge in [-0.05, 0) is 34.5 Å². The highest BCUT2D eigenvalue weighted by molar-refractivity contribution is 9.10. The molecule has 1 aromatic rings. The molecule has 0 aliphatic heterocycles. The van der Waals surface area contributed by atoms with E-state index in [0.29, 0.717) is 4.47 Å². The van der Waals surface area contributed by atoms with Crippen LogP contribution >= 0.6 is 15.9 Å².